The summed E-state index contributed by atoms with van der Waals surface area (Å²) >= 11 is 0. The molecule has 0 fully saturated rings. The summed E-state index contributed by atoms with van der Waals surface area (Å²) in [5, 5.41) is 3.18. The highest BCUT2D eigenvalue weighted by Gasteiger charge is 2.16. The molecule has 0 aliphatic heterocycles. The minimum absolute atomic E-state index is 0.0421. The number of anilines is 1. The second-order valence-corrected chi connectivity index (χ2v) is 4.33. The van der Waals surface area contributed by atoms with Gasteiger partial charge in [-0.05, 0) is 25.7 Å². The van der Waals surface area contributed by atoms with Gasteiger partial charge in [0.25, 0.3) is 5.56 Å². The standard InChI is InChI=1S/C12H19N3O/c1-2-3-4-8-13-12-14-10-7-5-6-9(10)11(16)15-12/h2-8H2,1H3,(H2,13,14,15,16). The van der Waals surface area contributed by atoms with Crippen molar-refractivity contribution in [2.24, 2.45) is 0 Å². The van der Waals surface area contributed by atoms with Crippen molar-refractivity contribution in [1.29, 1.82) is 0 Å². The van der Waals surface area contributed by atoms with Crippen molar-refractivity contribution in [3.63, 3.8) is 0 Å². The average molecular weight is 221 g/mol. The molecule has 4 nitrogen and oxygen atoms in total. The second kappa shape index (κ2) is 5.14. The van der Waals surface area contributed by atoms with Crippen molar-refractivity contribution in [2.45, 2.75) is 45.4 Å². The van der Waals surface area contributed by atoms with Crippen LogP contribution in [0, 0.1) is 0 Å². The van der Waals surface area contributed by atoms with Crippen molar-refractivity contribution >= 4 is 5.95 Å². The number of hydrogen-bond acceptors (Lipinski definition) is 3. The van der Waals surface area contributed by atoms with Gasteiger partial charge in [0.05, 0.1) is 5.69 Å². The number of unbranched alkanes of at least 4 members (excludes halogenated alkanes) is 2. The first-order chi connectivity index (χ1) is 7.81. The van der Waals surface area contributed by atoms with E-state index in [1.807, 2.05) is 0 Å². The van der Waals surface area contributed by atoms with Gasteiger partial charge in [0.2, 0.25) is 5.95 Å². The van der Waals surface area contributed by atoms with E-state index in [2.05, 4.69) is 22.2 Å². The Balaban J connectivity index is 2.00. The van der Waals surface area contributed by atoms with Crippen molar-refractivity contribution in [1.82, 2.24) is 9.97 Å². The SMILES string of the molecule is CCCCCNc1nc2c(c(=O)[nH]1)CCC2. The van der Waals surface area contributed by atoms with E-state index in [-0.39, 0.29) is 5.56 Å². The molecule has 16 heavy (non-hydrogen) atoms. The van der Waals surface area contributed by atoms with Gasteiger partial charge in [0, 0.05) is 12.1 Å². The second-order valence-electron chi connectivity index (χ2n) is 4.33. The number of aromatic amines is 1. The number of hydrogen-bond donors (Lipinski definition) is 2. The van der Waals surface area contributed by atoms with Gasteiger partial charge < -0.3 is 5.32 Å². The smallest absolute Gasteiger partial charge is 0.255 e. The van der Waals surface area contributed by atoms with Crippen LogP contribution in [-0.4, -0.2) is 16.5 Å². The zero-order valence-electron chi connectivity index (χ0n) is 9.81. The van der Waals surface area contributed by atoms with Gasteiger partial charge in [-0.3, -0.25) is 9.78 Å². The molecule has 2 N–H and O–H groups in total. The van der Waals surface area contributed by atoms with Gasteiger partial charge in [0.15, 0.2) is 0 Å². The van der Waals surface area contributed by atoms with E-state index in [1.54, 1.807) is 0 Å². The van der Waals surface area contributed by atoms with Crippen LogP contribution in [0.1, 0.15) is 43.9 Å². The Morgan fingerprint density at radius 3 is 3.06 bits per heavy atom. The average Bonchev–Trinajstić information content (AvgIpc) is 2.73. The topological polar surface area (TPSA) is 57.8 Å². The summed E-state index contributed by atoms with van der Waals surface area (Å²) in [6.07, 6.45) is 6.43. The summed E-state index contributed by atoms with van der Waals surface area (Å²) in [6.45, 7) is 3.06. The highest BCUT2D eigenvalue weighted by Crippen LogP contribution is 2.16. The maximum atomic E-state index is 11.7. The summed E-state index contributed by atoms with van der Waals surface area (Å²) in [5.41, 5.74) is 1.92. The molecule has 0 amide bonds. The van der Waals surface area contributed by atoms with Crippen molar-refractivity contribution in [3.8, 4) is 0 Å². The lowest BCUT2D eigenvalue weighted by Gasteiger charge is -2.06. The van der Waals surface area contributed by atoms with E-state index in [0.717, 1.165) is 43.5 Å². The Kier molecular flexibility index (Phi) is 3.59. The van der Waals surface area contributed by atoms with Crippen molar-refractivity contribution in [3.05, 3.63) is 21.6 Å². The minimum atomic E-state index is 0.0421. The molecule has 0 radical (unpaired) electrons. The van der Waals surface area contributed by atoms with Gasteiger partial charge in [-0.15, -0.1) is 0 Å². The molecule has 1 aromatic rings. The largest absolute Gasteiger partial charge is 0.356 e. The molecule has 4 heteroatoms. The zero-order chi connectivity index (χ0) is 11.4. The third-order valence-corrected chi connectivity index (χ3v) is 3.01. The highest BCUT2D eigenvalue weighted by molar-refractivity contribution is 5.31. The molecule has 0 bridgehead atoms. The van der Waals surface area contributed by atoms with Crippen LogP contribution in [0.15, 0.2) is 4.79 Å². The normalized spacial score (nSPS) is 13.8. The van der Waals surface area contributed by atoms with Crippen LogP contribution >= 0.6 is 0 Å². The molecule has 0 unspecified atom stereocenters. The van der Waals surface area contributed by atoms with E-state index >= 15 is 0 Å². The molecule has 2 rings (SSSR count). The number of rotatable bonds is 5. The number of nitrogens with one attached hydrogen (secondary N) is 2. The summed E-state index contributed by atoms with van der Waals surface area (Å²) < 4.78 is 0. The summed E-state index contributed by atoms with van der Waals surface area (Å²) in [5.74, 6) is 0.641. The molecule has 0 aromatic carbocycles. The van der Waals surface area contributed by atoms with E-state index in [0.29, 0.717) is 5.95 Å². The fraction of sp³-hybridized carbons (Fsp3) is 0.667. The Morgan fingerprint density at radius 2 is 2.25 bits per heavy atom. The molecule has 0 spiro atoms. The van der Waals surface area contributed by atoms with Crippen molar-refractivity contribution in [2.75, 3.05) is 11.9 Å². The van der Waals surface area contributed by atoms with E-state index < -0.39 is 0 Å². The van der Waals surface area contributed by atoms with Gasteiger partial charge in [-0.1, -0.05) is 19.8 Å². The van der Waals surface area contributed by atoms with Crippen molar-refractivity contribution < 1.29 is 0 Å². The van der Waals surface area contributed by atoms with Crippen LogP contribution in [0.4, 0.5) is 5.95 Å². The molecule has 0 atom stereocenters. The number of aryl methyl sites for hydroxylation is 1. The summed E-state index contributed by atoms with van der Waals surface area (Å²) in [7, 11) is 0. The lowest BCUT2D eigenvalue weighted by atomic mass is 10.2. The fourth-order valence-corrected chi connectivity index (χ4v) is 2.11. The quantitative estimate of drug-likeness (QED) is 0.746. The Hall–Kier alpha value is -1.32. The molecule has 0 saturated carbocycles. The first-order valence-electron chi connectivity index (χ1n) is 6.17. The van der Waals surface area contributed by atoms with Crippen LogP contribution in [0.25, 0.3) is 0 Å². The molecule has 1 aliphatic carbocycles. The van der Waals surface area contributed by atoms with Crippen LogP contribution in [0.2, 0.25) is 0 Å². The van der Waals surface area contributed by atoms with Gasteiger partial charge in [0.1, 0.15) is 0 Å². The minimum Gasteiger partial charge on any atom is -0.356 e. The summed E-state index contributed by atoms with van der Waals surface area (Å²) in [6, 6.07) is 0. The Morgan fingerprint density at radius 1 is 1.38 bits per heavy atom. The molecule has 88 valence electrons. The molecule has 0 saturated heterocycles. The molecule has 1 heterocycles. The van der Waals surface area contributed by atoms with Gasteiger partial charge in [-0.2, -0.15) is 0 Å². The Labute approximate surface area is 95.5 Å². The molecular formula is C12H19N3O. The van der Waals surface area contributed by atoms with Crippen LogP contribution in [0.5, 0.6) is 0 Å². The lowest BCUT2D eigenvalue weighted by Crippen LogP contribution is -2.18. The highest BCUT2D eigenvalue weighted by atomic mass is 16.1. The van der Waals surface area contributed by atoms with E-state index in [9.17, 15) is 4.79 Å². The maximum absolute atomic E-state index is 11.7. The van der Waals surface area contributed by atoms with Gasteiger partial charge >= 0.3 is 0 Å². The first-order valence-corrected chi connectivity index (χ1v) is 6.17. The third kappa shape index (κ3) is 2.43. The number of aromatic nitrogens is 2. The molecule has 1 aliphatic rings. The van der Waals surface area contributed by atoms with Gasteiger partial charge in [-0.25, -0.2) is 4.98 Å². The van der Waals surface area contributed by atoms with Crippen LogP contribution in [-0.2, 0) is 12.8 Å². The van der Waals surface area contributed by atoms with Crippen LogP contribution < -0.4 is 10.9 Å². The first kappa shape index (κ1) is 11.2. The predicted octanol–water partition coefficient (Wildman–Crippen LogP) is 1.86. The Bertz CT molecular complexity index is 411. The summed E-state index contributed by atoms with van der Waals surface area (Å²) in [4.78, 5) is 18.9. The number of H-pyrrole nitrogens is 1. The maximum Gasteiger partial charge on any atom is 0.255 e. The zero-order valence-corrected chi connectivity index (χ0v) is 9.81. The van der Waals surface area contributed by atoms with E-state index in [1.165, 1.54) is 12.8 Å². The monoisotopic (exact) mass is 221 g/mol. The molecular weight excluding hydrogens is 202 g/mol. The third-order valence-electron chi connectivity index (χ3n) is 3.01. The molecule has 1 aromatic heterocycles. The lowest BCUT2D eigenvalue weighted by molar-refractivity contribution is 0.739. The number of nitrogens with zero attached hydrogens (tertiary/aromatic N) is 1. The predicted molar refractivity (Wildman–Crippen MR) is 64.9 cm³/mol. The fourth-order valence-electron chi connectivity index (χ4n) is 2.11. The van der Waals surface area contributed by atoms with Crippen LogP contribution in [0.3, 0.4) is 0 Å². The van der Waals surface area contributed by atoms with E-state index in [4.69, 9.17) is 0 Å². The number of fused-ring (bicyclic) bond motifs is 1.